The van der Waals surface area contributed by atoms with Gasteiger partial charge in [0, 0.05) is 16.9 Å². The summed E-state index contributed by atoms with van der Waals surface area (Å²) in [6.45, 7) is 0. The van der Waals surface area contributed by atoms with Crippen molar-refractivity contribution in [1.29, 1.82) is 0 Å². The van der Waals surface area contributed by atoms with E-state index in [0.717, 1.165) is 18.2 Å². The number of azo groups is 1. The minimum Gasteiger partial charge on any atom is -0.744 e. The van der Waals surface area contributed by atoms with Crippen LogP contribution in [0.15, 0.2) is 114 Å². The maximum atomic E-state index is 13.2. The standard InChI is InChI=1S/C32H24N8O11S3.3Na/c33-18-1-10-24-16(11-18)13-26(53(46,47)48)29(31(24)41)39-37-21-6-2-19(3-7-21)35-36-20-4-8-22(9-5-20)38-40-30-27(54(49,50)51)14-17-12-23(52(43,44)45)15-25(34)28(17)32(30)42;;;/h1-15,37-38H,33-34H2,(H,43,44,45)(H,46,47,48)(H,49,50,51);;;/q;3*+1/p-3/b36-35?,39-29-,40-30+;;;. The zero-order valence-electron chi connectivity index (χ0n) is 29.8. The smallest absolute Gasteiger partial charge is 0.744 e. The van der Waals surface area contributed by atoms with Crippen molar-refractivity contribution in [3.63, 3.8) is 0 Å². The fourth-order valence-electron chi connectivity index (χ4n) is 5.13. The number of nitrogen functional groups attached to an aromatic ring is 2. The number of ketones is 2. The molecule has 57 heavy (non-hydrogen) atoms. The number of Topliss-reactive ketones (excluding diaryl/α,β-unsaturated/α-hetero) is 2. The van der Waals surface area contributed by atoms with Crippen molar-refractivity contribution < 1.29 is 137 Å². The second kappa shape index (κ2) is 18.7. The van der Waals surface area contributed by atoms with Gasteiger partial charge in [-0.3, -0.25) is 20.4 Å². The summed E-state index contributed by atoms with van der Waals surface area (Å²) in [6.07, 6.45) is 1.73. The van der Waals surface area contributed by atoms with E-state index in [2.05, 4.69) is 31.3 Å². The quantitative estimate of drug-likeness (QED) is 0.0401. The molecule has 4 aromatic rings. The van der Waals surface area contributed by atoms with Gasteiger partial charge < -0.3 is 25.1 Å². The van der Waals surface area contributed by atoms with Crippen LogP contribution in [0.2, 0.25) is 0 Å². The third-order valence-corrected chi connectivity index (χ3v) is 10.1. The molecule has 2 aliphatic carbocycles. The van der Waals surface area contributed by atoms with Crippen molar-refractivity contribution in [3.05, 3.63) is 111 Å². The summed E-state index contributed by atoms with van der Waals surface area (Å²) in [5, 5.41) is 15.9. The van der Waals surface area contributed by atoms with Crippen LogP contribution in [0.5, 0.6) is 0 Å². The number of hydrazone groups is 2. The van der Waals surface area contributed by atoms with Gasteiger partial charge in [-0.15, -0.1) is 0 Å². The van der Waals surface area contributed by atoms with Crippen molar-refractivity contribution in [1.82, 2.24) is 0 Å². The molecule has 0 unspecified atom stereocenters. The minimum atomic E-state index is -5.33. The largest absolute Gasteiger partial charge is 1.00 e. The summed E-state index contributed by atoms with van der Waals surface area (Å²) in [6, 6.07) is 17.5. The summed E-state index contributed by atoms with van der Waals surface area (Å²) < 4.78 is 106. The average molecular weight is 859 g/mol. The summed E-state index contributed by atoms with van der Waals surface area (Å²) >= 11 is 0. The summed E-state index contributed by atoms with van der Waals surface area (Å²) in [5.41, 5.74) is 15.7. The molecule has 19 nitrogen and oxygen atoms in total. The first-order valence-electron chi connectivity index (χ1n) is 14.8. The molecule has 0 aliphatic heterocycles. The number of carbonyl (C=O) groups is 2. The van der Waals surface area contributed by atoms with Gasteiger partial charge in [-0.2, -0.15) is 20.4 Å². The van der Waals surface area contributed by atoms with Crippen molar-refractivity contribution >= 4 is 99.6 Å². The summed E-state index contributed by atoms with van der Waals surface area (Å²) in [7, 11) is -15.4. The normalized spacial score (nSPS) is 15.4. The molecule has 25 heteroatoms. The molecular weight excluding hydrogens is 838 g/mol. The molecule has 0 bridgehead atoms. The molecule has 276 valence electrons. The van der Waals surface area contributed by atoms with E-state index in [1.165, 1.54) is 66.7 Å². The van der Waals surface area contributed by atoms with Gasteiger partial charge >= 0.3 is 88.7 Å². The second-order valence-electron chi connectivity index (χ2n) is 11.3. The number of carbonyl (C=O) groups excluding carboxylic acids is 2. The Morgan fingerprint density at radius 1 is 0.544 bits per heavy atom. The van der Waals surface area contributed by atoms with Gasteiger partial charge in [0.2, 0.25) is 11.6 Å². The number of nitrogens with two attached hydrogens (primary N) is 2. The number of rotatable bonds is 9. The molecule has 0 spiro atoms. The van der Waals surface area contributed by atoms with E-state index in [-0.39, 0.29) is 122 Å². The van der Waals surface area contributed by atoms with Gasteiger partial charge in [-0.1, -0.05) is 0 Å². The Morgan fingerprint density at radius 2 is 1.00 bits per heavy atom. The number of hydrogen-bond donors (Lipinski definition) is 4. The van der Waals surface area contributed by atoms with Crippen molar-refractivity contribution in [3.8, 4) is 0 Å². The van der Waals surface area contributed by atoms with Gasteiger partial charge in [0.1, 0.15) is 41.8 Å². The summed E-state index contributed by atoms with van der Waals surface area (Å²) in [5.74, 6) is -1.90. The maximum absolute atomic E-state index is 13.2. The molecule has 0 saturated heterocycles. The van der Waals surface area contributed by atoms with E-state index in [4.69, 9.17) is 11.5 Å². The first kappa shape index (κ1) is 47.9. The van der Waals surface area contributed by atoms with Crippen LogP contribution in [0.1, 0.15) is 31.8 Å². The molecule has 2 aliphatic rings. The number of benzene rings is 4. The molecule has 0 fully saturated rings. The van der Waals surface area contributed by atoms with Crippen LogP contribution < -0.4 is 111 Å². The topological polar surface area (TPSA) is 331 Å². The molecule has 0 heterocycles. The molecule has 4 aromatic carbocycles. The van der Waals surface area contributed by atoms with E-state index in [0.29, 0.717) is 23.1 Å². The van der Waals surface area contributed by atoms with Crippen molar-refractivity contribution in [2.24, 2.45) is 20.4 Å². The van der Waals surface area contributed by atoms with Crippen LogP contribution in [-0.4, -0.2) is 61.9 Å². The predicted molar refractivity (Wildman–Crippen MR) is 193 cm³/mol. The summed E-state index contributed by atoms with van der Waals surface area (Å²) in [4.78, 5) is 23.4. The molecule has 6 N–H and O–H groups in total. The number of anilines is 4. The monoisotopic (exact) mass is 858 g/mol. The third-order valence-electron chi connectivity index (χ3n) is 7.63. The number of hydrogen-bond acceptors (Lipinski definition) is 19. The molecule has 6 rings (SSSR count). The molecule has 0 atom stereocenters. The van der Waals surface area contributed by atoms with Crippen molar-refractivity contribution in [2.75, 3.05) is 22.3 Å². The molecule has 0 amide bonds. The number of nitrogens with zero attached hydrogens (tertiary/aromatic N) is 4. The Hall–Kier alpha value is -3.43. The molecule has 0 radical (unpaired) electrons. The van der Waals surface area contributed by atoms with E-state index in [1.807, 2.05) is 0 Å². The Kier molecular flexibility index (Phi) is 15.7. The number of allylic oxidation sites excluding steroid dienone is 2. The van der Waals surface area contributed by atoms with E-state index < -0.39 is 73.7 Å². The fraction of sp³-hybridized carbons (Fsp3) is 0. The van der Waals surface area contributed by atoms with E-state index >= 15 is 0 Å². The molecular formula is C32H21N8Na3O11S3. The minimum absolute atomic E-state index is 0. The van der Waals surface area contributed by atoms with Crippen LogP contribution >= 0.6 is 0 Å². The molecule has 0 aromatic heterocycles. The van der Waals surface area contributed by atoms with Crippen molar-refractivity contribution in [2.45, 2.75) is 4.90 Å². The average Bonchev–Trinajstić information content (AvgIpc) is 3.09. The van der Waals surface area contributed by atoms with Crippen LogP contribution in [0.25, 0.3) is 12.2 Å². The van der Waals surface area contributed by atoms with Gasteiger partial charge in [0.15, 0.2) is 0 Å². The zero-order valence-corrected chi connectivity index (χ0v) is 38.3. The SMILES string of the molecule is Nc1ccc2c(c1)C=C(S(=O)(=O)[O-])/C(=N/Nc1ccc(N=Nc3ccc(N/N=C4/C(=O)c5c(N)cc(S(=O)(=O)[O-])cc5C=C4S(=O)(=O)[O-])cc3)cc1)C2=O.[Na+].[Na+].[Na+]. The third kappa shape index (κ3) is 11.0. The van der Waals surface area contributed by atoms with Gasteiger partial charge in [-0.25, -0.2) is 25.3 Å². The first-order valence-corrected chi connectivity index (χ1v) is 19.1. The van der Waals surface area contributed by atoms with Crippen LogP contribution in [0, 0.1) is 0 Å². The Labute approximate surface area is 391 Å². The van der Waals surface area contributed by atoms with Crippen LogP contribution in [-0.2, 0) is 30.4 Å². The van der Waals surface area contributed by atoms with Gasteiger partial charge in [0.05, 0.1) is 43.0 Å². The second-order valence-corrected chi connectivity index (χ2v) is 15.4. The zero-order chi connectivity index (χ0) is 39.2. The number of fused-ring (bicyclic) bond motifs is 2. The Balaban J connectivity index is 0.00000290. The maximum Gasteiger partial charge on any atom is 1.00 e. The Morgan fingerprint density at radius 3 is 1.46 bits per heavy atom. The fourth-order valence-corrected chi connectivity index (χ4v) is 6.97. The predicted octanol–water partition coefficient (Wildman–Crippen LogP) is -5.72. The van der Waals surface area contributed by atoms with Gasteiger partial charge in [-0.05, 0) is 102 Å². The van der Waals surface area contributed by atoms with Crippen LogP contribution in [0.4, 0.5) is 34.1 Å². The van der Waals surface area contributed by atoms with Crippen LogP contribution in [0.3, 0.4) is 0 Å². The first-order chi connectivity index (χ1) is 25.3. The van der Waals surface area contributed by atoms with Gasteiger partial charge in [0.25, 0.3) is 0 Å². The van der Waals surface area contributed by atoms with E-state index in [9.17, 15) is 48.5 Å². The molecule has 0 saturated carbocycles. The Bertz CT molecular complexity index is 2800. The number of nitrogens with one attached hydrogen (secondary N) is 2. The van der Waals surface area contributed by atoms with E-state index in [1.54, 1.807) is 0 Å².